The highest BCUT2D eigenvalue weighted by Crippen LogP contribution is 2.15. The fourth-order valence-corrected chi connectivity index (χ4v) is 3.33. The molecule has 0 spiro atoms. The van der Waals surface area contributed by atoms with Crippen LogP contribution < -0.4 is 11.1 Å². The summed E-state index contributed by atoms with van der Waals surface area (Å²) in [5, 5.41) is 2.80. The van der Waals surface area contributed by atoms with Gasteiger partial charge in [-0.15, -0.1) is 0 Å². The molecule has 2 aromatic carbocycles. The SMILES string of the molecule is Cc1ccccc1CN1CCN(CC(=O)Nc2ccccc2C(N)=O)CC1. The molecule has 1 fully saturated rings. The van der Waals surface area contributed by atoms with E-state index < -0.39 is 5.91 Å². The maximum absolute atomic E-state index is 12.4. The Morgan fingerprint density at radius 2 is 1.59 bits per heavy atom. The lowest BCUT2D eigenvalue weighted by molar-refractivity contribution is -0.117. The number of nitrogens with one attached hydrogen (secondary N) is 1. The van der Waals surface area contributed by atoms with Gasteiger partial charge in [-0.05, 0) is 30.2 Å². The molecule has 6 nitrogen and oxygen atoms in total. The number of hydrogen-bond acceptors (Lipinski definition) is 4. The van der Waals surface area contributed by atoms with E-state index in [2.05, 4.69) is 46.3 Å². The zero-order chi connectivity index (χ0) is 19.2. The molecule has 0 unspecified atom stereocenters. The Labute approximate surface area is 159 Å². The molecule has 0 bridgehead atoms. The van der Waals surface area contributed by atoms with Crippen LogP contribution in [0.1, 0.15) is 21.5 Å². The molecule has 1 aliphatic rings. The monoisotopic (exact) mass is 366 g/mol. The van der Waals surface area contributed by atoms with Gasteiger partial charge in [0.15, 0.2) is 0 Å². The highest BCUT2D eigenvalue weighted by Gasteiger charge is 2.20. The molecule has 142 valence electrons. The van der Waals surface area contributed by atoms with Crippen LogP contribution in [0.4, 0.5) is 5.69 Å². The molecule has 0 atom stereocenters. The summed E-state index contributed by atoms with van der Waals surface area (Å²) in [7, 11) is 0. The van der Waals surface area contributed by atoms with Crippen molar-refractivity contribution in [3.63, 3.8) is 0 Å². The number of carbonyl (C=O) groups is 2. The number of para-hydroxylation sites is 1. The number of anilines is 1. The van der Waals surface area contributed by atoms with Gasteiger partial charge in [0, 0.05) is 32.7 Å². The van der Waals surface area contributed by atoms with Gasteiger partial charge in [-0.2, -0.15) is 0 Å². The molecule has 27 heavy (non-hydrogen) atoms. The second kappa shape index (κ2) is 8.79. The number of nitrogens with two attached hydrogens (primary N) is 1. The molecule has 3 N–H and O–H groups in total. The summed E-state index contributed by atoms with van der Waals surface area (Å²) in [6, 6.07) is 15.3. The maximum atomic E-state index is 12.4. The zero-order valence-corrected chi connectivity index (χ0v) is 15.6. The van der Waals surface area contributed by atoms with Gasteiger partial charge in [-0.3, -0.25) is 19.4 Å². The molecule has 1 aliphatic heterocycles. The lowest BCUT2D eigenvalue weighted by Crippen LogP contribution is -2.48. The van der Waals surface area contributed by atoms with Crippen LogP contribution in [0.15, 0.2) is 48.5 Å². The van der Waals surface area contributed by atoms with Gasteiger partial charge in [0.1, 0.15) is 0 Å². The van der Waals surface area contributed by atoms with Crippen LogP contribution in [0, 0.1) is 6.92 Å². The summed E-state index contributed by atoms with van der Waals surface area (Å²) in [6.07, 6.45) is 0. The highest BCUT2D eigenvalue weighted by molar-refractivity contribution is 6.03. The van der Waals surface area contributed by atoms with Gasteiger partial charge in [-0.1, -0.05) is 36.4 Å². The van der Waals surface area contributed by atoms with Crippen LogP contribution in [-0.4, -0.2) is 54.3 Å². The number of rotatable bonds is 6. The molecule has 0 aliphatic carbocycles. The Hall–Kier alpha value is -2.70. The predicted octanol–water partition coefficient (Wildman–Crippen LogP) is 1.85. The van der Waals surface area contributed by atoms with E-state index >= 15 is 0 Å². The molecule has 3 rings (SSSR count). The summed E-state index contributed by atoms with van der Waals surface area (Å²) >= 11 is 0. The van der Waals surface area contributed by atoms with Crippen LogP contribution in [0.5, 0.6) is 0 Å². The summed E-state index contributed by atoms with van der Waals surface area (Å²) in [5.41, 5.74) is 8.82. The molecule has 0 saturated carbocycles. The predicted molar refractivity (Wildman–Crippen MR) is 106 cm³/mol. The molecule has 2 amide bonds. The van der Waals surface area contributed by atoms with E-state index in [1.165, 1.54) is 11.1 Å². The number of carbonyl (C=O) groups excluding carboxylic acids is 2. The van der Waals surface area contributed by atoms with E-state index in [0.717, 1.165) is 32.7 Å². The van der Waals surface area contributed by atoms with Crippen LogP contribution in [-0.2, 0) is 11.3 Å². The van der Waals surface area contributed by atoms with Crippen molar-refractivity contribution in [2.45, 2.75) is 13.5 Å². The van der Waals surface area contributed by atoms with Crippen LogP contribution in [0.3, 0.4) is 0 Å². The first-order chi connectivity index (χ1) is 13.0. The average Bonchev–Trinajstić information content (AvgIpc) is 2.65. The summed E-state index contributed by atoms with van der Waals surface area (Å²) in [4.78, 5) is 28.4. The third-order valence-corrected chi connectivity index (χ3v) is 4.95. The lowest BCUT2D eigenvalue weighted by atomic mass is 10.1. The van der Waals surface area contributed by atoms with Gasteiger partial charge in [0.25, 0.3) is 5.91 Å². The third-order valence-electron chi connectivity index (χ3n) is 4.95. The lowest BCUT2D eigenvalue weighted by Gasteiger charge is -2.34. The molecule has 6 heteroatoms. The molecular formula is C21H26N4O2. The van der Waals surface area contributed by atoms with E-state index in [-0.39, 0.29) is 5.91 Å². The second-order valence-electron chi connectivity index (χ2n) is 6.94. The summed E-state index contributed by atoms with van der Waals surface area (Å²) < 4.78 is 0. The topological polar surface area (TPSA) is 78.7 Å². The van der Waals surface area contributed by atoms with Crippen molar-refractivity contribution in [1.82, 2.24) is 9.80 Å². The maximum Gasteiger partial charge on any atom is 0.250 e. The fourth-order valence-electron chi connectivity index (χ4n) is 3.33. The van der Waals surface area contributed by atoms with Gasteiger partial charge in [-0.25, -0.2) is 0 Å². The number of piperazine rings is 1. The quantitative estimate of drug-likeness (QED) is 0.818. The van der Waals surface area contributed by atoms with Crippen molar-refractivity contribution in [2.24, 2.45) is 5.73 Å². The number of benzene rings is 2. The number of amides is 2. The minimum Gasteiger partial charge on any atom is -0.366 e. The van der Waals surface area contributed by atoms with E-state index in [1.54, 1.807) is 24.3 Å². The van der Waals surface area contributed by atoms with Crippen molar-refractivity contribution in [2.75, 3.05) is 38.0 Å². The normalized spacial score (nSPS) is 15.4. The van der Waals surface area contributed by atoms with E-state index in [1.807, 2.05) is 0 Å². The summed E-state index contributed by atoms with van der Waals surface area (Å²) in [5.74, 6) is -0.674. The van der Waals surface area contributed by atoms with Crippen molar-refractivity contribution in [3.05, 3.63) is 65.2 Å². The van der Waals surface area contributed by atoms with Gasteiger partial charge in [0.2, 0.25) is 5.91 Å². The van der Waals surface area contributed by atoms with Gasteiger partial charge in [0.05, 0.1) is 17.8 Å². The van der Waals surface area contributed by atoms with Crippen LogP contribution >= 0.6 is 0 Å². The molecule has 0 aromatic heterocycles. The van der Waals surface area contributed by atoms with Crippen molar-refractivity contribution < 1.29 is 9.59 Å². The minimum atomic E-state index is -0.546. The zero-order valence-electron chi connectivity index (χ0n) is 15.6. The largest absolute Gasteiger partial charge is 0.366 e. The van der Waals surface area contributed by atoms with Crippen molar-refractivity contribution in [1.29, 1.82) is 0 Å². The van der Waals surface area contributed by atoms with E-state index in [9.17, 15) is 9.59 Å². The number of aryl methyl sites for hydroxylation is 1. The Bertz CT molecular complexity index is 813. The number of hydrogen-bond donors (Lipinski definition) is 2. The molecule has 0 radical (unpaired) electrons. The smallest absolute Gasteiger partial charge is 0.250 e. The first-order valence-electron chi connectivity index (χ1n) is 9.21. The van der Waals surface area contributed by atoms with Crippen LogP contribution in [0.25, 0.3) is 0 Å². The Balaban J connectivity index is 1.49. The number of primary amides is 1. The molecule has 2 aromatic rings. The molecule has 1 saturated heterocycles. The average molecular weight is 366 g/mol. The molecular weight excluding hydrogens is 340 g/mol. The van der Waals surface area contributed by atoms with Gasteiger partial charge < -0.3 is 11.1 Å². The standard InChI is InChI=1S/C21H26N4O2/c1-16-6-2-3-7-17(16)14-24-10-12-25(13-11-24)15-20(26)23-19-9-5-4-8-18(19)21(22)27/h2-9H,10-15H2,1H3,(H2,22,27)(H,23,26). The van der Waals surface area contributed by atoms with Crippen molar-refractivity contribution in [3.8, 4) is 0 Å². The van der Waals surface area contributed by atoms with Gasteiger partial charge >= 0.3 is 0 Å². The fraction of sp³-hybridized carbons (Fsp3) is 0.333. The summed E-state index contributed by atoms with van der Waals surface area (Å²) in [6.45, 7) is 6.94. The van der Waals surface area contributed by atoms with E-state index in [0.29, 0.717) is 17.8 Å². The van der Waals surface area contributed by atoms with E-state index in [4.69, 9.17) is 5.73 Å². The minimum absolute atomic E-state index is 0.129. The third kappa shape index (κ3) is 5.15. The first-order valence-corrected chi connectivity index (χ1v) is 9.21. The van der Waals surface area contributed by atoms with Crippen molar-refractivity contribution >= 4 is 17.5 Å². The highest BCUT2D eigenvalue weighted by atomic mass is 16.2. The van der Waals surface area contributed by atoms with Crippen LogP contribution in [0.2, 0.25) is 0 Å². The number of nitrogens with zero attached hydrogens (tertiary/aromatic N) is 2. The second-order valence-corrected chi connectivity index (χ2v) is 6.94. The Morgan fingerprint density at radius 1 is 0.963 bits per heavy atom. The Kier molecular flexibility index (Phi) is 6.21. The molecule has 1 heterocycles. The first kappa shape index (κ1) is 19.1. The Morgan fingerprint density at radius 3 is 2.30 bits per heavy atom.